The van der Waals surface area contributed by atoms with Crippen LogP contribution >= 0.6 is 11.3 Å². The summed E-state index contributed by atoms with van der Waals surface area (Å²) in [6.45, 7) is 2.12. The summed E-state index contributed by atoms with van der Waals surface area (Å²) in [5.74, 6) is 1.00. The lowest BCUT2D eigenvalue weighted by atomic mass is 9.91. The Labute approximate surface area is 117 Å². The molecule has 1 aliphatic rings. The maximum atomic E-state index is 4.42. The molecule has 4 nitrogen and oxygen atoms in total. The summed E-state index contributed by atoms with van der Waals surface area (Å²) in [6.07, 6.45) is 6.57. The zero-order valence-corrected chi connectivity index (χ0v) is 12.3. The number of fused-ring (bicyclic) bond motifs is 1. The van der Waals surface area contributed by atoms with Crippen molar-refractivity contribution in [3.05, 3.63) is 17.3 Å². The van der Waals surface area contributed by atoms with Gasteiger partial charge in [0.15, 0.2) is 0 Å². The molecule has 0 aromatic carbocycles. The molecule has 2 heterocycles. The van der Waals surface area contributed by atoms with Crippen LogP contribution in [0.4, 0.5) is 5.82 Å². The number of aromatic nitrogens is 2. The summed E-state index contributed by atoms with van der Waals surface area (Å²) >= 11 is 1.73. The van der Waals surface area contributed by atoms with Crippen LogP contribution in [-0.2, 0) is 0 Å². The molecule has 2 N–H and O–H groups in total. The van der Waals surface area contributed by atoms with Crippen molar-refractivity contribution in [3.8, 4) is 0 Å². The highest BCUT2D eigenvalue weighted by Crippen LogP contribution is 2.29. The molecule has 0 aliphatic heterocycles. The van der Waals surface area contributed by atoms with Crippen molar-refractivity contribution in [2.75, 3.05) is 12.4 Å². The molecule has 0 amide bonds. The molecule has 102 valence electrons. The van der Waals surface area contributed by atoms with E-state index < -0.39 is 0 Å². The number of aryl methyl sites for hydroxylation is 1. The van der Waals surface area contributed by atoms with Gasteiger partial charge in [-0.1, -0.05) is 0 Å². The van der Waals surface area contributed by atoms with Gasteiger partial charge in [-0.25, -0.2) is 9.97 Å². The smallest absolute Gasteiger partial charge is 0.138 e. The van der Waals surface area contributed by atoms with Crippen LogP contribution in [0.2, 0.25) is 0 Å². The van der Waals surface area contributed by atoms with Crippen molar-refractivity contribution in [3.63, 3.8) is 0 Å². The first-order valence-corrected chi connectivity index (χ1v) is 7.73. The van der Waals surface area contributed by atoms with Crippen molar-refractivity contribution in [2.45, 2.75) is 44.7 Å². The number of hydrogen-bond donors (Lipinski definition) is 2. The van der Waals surface area contributed by atoms with Crippen LogP contribution in [0.25, 0.3) is 10.2 Å². The Kier molecular flexibility index (Phi) is 3.66. The molecular formula is C14H20N4S. The summed E-state index contributed by atoms with van der Waals surface area (Å²) in [6, 6.07) is 3.41. The minimum Gasteiger partial charge on any atom is -0.367 e. The van der Waals surface area contributed by atoms with Crippen molar-refractivity contribution in [2.24, 2.45) is 0 Å². The van der Waals surface area contributed by atoms with Gasteiger partial charge in [0.05, 0.1) is 5.39 Å². The van der Waals surface area contributed by atoms with Crippen LogP contribution in [0.3, 0.4) is 0 Å². The molecule has 0 atom stereocenters. The van der Waals surface area contributed by atoms with Crippen LogP contribution < -0.4 is 10.6 Å². The molecule has 2 aromatic rings. The second kappa shape index (κ2) is 5.43. The molecule has 1 fully saturated rings. The fourth-order valence-corrected chi connectivity index (χ4v) is 3.66. The van der Waals surface area contributed by atoms with Crippen LogP contribution in [-0.4, -0.2) is 29.1 Å². The van der Waals surface area contributed by atoms with E-state index in [9.17, 15) is 0 Å². The second-order valence-electron chi connectivity index (χ2n) is 5.28. The van der Waals surface area contributed by atoms with Gasteiger partial charge in [-0.2, -0.15) is 0 Å². The molecule has 2 aromatic heterocycles. The highest BCUT2D eigenvalue weighted by Gasteiger charge is 2.20. The molecule has 5 heteroatoms. The minimum atomic E-state index is 0.544. The summed E-state index contributed by atoms with van der Waals surface area (Å²) < 4.78 is 0. The van der Waals surface area contributed by atoms with E-state index in [1.165, 1.54) is 35.9 Å². The summed E-state index contributed by atoms with van der Waals surface area (Å²) in [5, 5.41) is 8.15. The third-order valence-electron chi connectivity index (χ3n) is 3.93. The van der Waals surface area contributed by atoms with Gasteiger partial charge < -0.3 is 10.6 Å². The molecule has 1 aliphatic carbocycles. The van der Waals surface area contributed by atoms with E-state index in [0.29, 0.717) is 12.1 Å². The average molecular weight is 276 g/mol. The number of nitrogens with zero attached hydrogens (tertiary/aromatic N) is 2. The van der Waals surface area contributed by atoms with Crippen LogP contribution in [0.5, 0.6) is 0 Å². The maximum absolute atomic E-state index is 4.42. The van der Waals surface area contributed by atoms with Crippen LogP contribution in [0, 0.1) is 6.92 Å². The number of nitrogens with one attached hydrogen (secondary N) is 2. The monoisotopic (exact) mass is 276 g/mol. The van der Waals surface area contributed by atoms with Gasteiger partial charge in [-0.05, 0) is 45.7 Å². The van der Waals surface area contributed by atoms with Gasteiger partial charge in [0.1, 0.15) is 17.0 Å². The molecule has 1 saturated carbocycles. The highest BCUT2D eigenvalue weighted by molar-refractivity contribution is 7.18. The Morgan fingerprint density at radius 1 is 1.16 bits per heavy atom. The number of rotatable bonds is 3. The van der Waals surface area contributed by atoms with Gasteiger partial charge in [0.25, 0.3) is 0 Å². The first-order chi connectivity index (χ1) is 9.26. The zero-order chi connectivity index (χ0) is 13.2. The number of hydrogen-bond acceptors (Lipinski definition) is 5. The van der Waals surface area contributed by atoms with Gasteiger partial charge in [0.2, 0.25) is 0 Å². The molecule has 19 heavy (non-hydrogen) atoms. The minimum absolute atomic E-state index is 0.544. The quantitative estimate of drug-likeness (QED) is 0.905. The van der Waals surface area contributed by atoms with Crippen molar-refractivity contribution in [1.29, 1.82) is 0 Å². The molecule has 0 radical (unpaired) electrons. The topological polar surface area (TPSA) is 49.8 Å². The van der Waals surface area contributed by atoms with Gasteiger partial charge in [-0.3, -0.25) is 0 Å². The Hall–Kier alpha value is -1.20. The predicted molar refractivity (Wildman–Crippen MR) is 80.9 cm³/mol. The Balaban J connectivity index is 1.75. The normalized spacial score (nSPS) is 23.7. The number of anilines is 1. The third kappa shape index (κ3) is 2.72. The maximum Gasteiger partial charge on any atom is 0.138 e. The molecule has 0 saturated heterocycles. The first-order valence-electron chi connectivity index (χ1n) is 6.91. The average Bonchev–Trinajstić information content (AvgIpc) is 2.81. The van der Waals surface area contributed by atoms with Crippen molar-refractivity contribution < 1.29 is 0 Å². The van der Waals surface area contributed by atoms with Gasteiger partial charge in [0, 0.05) is 17.0 Å². The Morgan fingerprint density at radius 3 is 2.63 bits per heavy atom. The van der Waals surface area contributed by atoms with E-state index >= 15 is 0 Å². The predicted octanol–water partition coefficient (Wildman–Crippen LogP) is 2.94. The van der Waals surface area contributed by atoms with Gasteiger partial charge >= 0.3 is 0 Å². The lowest BCUT2D eigenvalue weighted by Crippen LogP contribution is -2.35. The van der Waals surface area contributed by atoms with Crippen LogP contribution in [0.1, 0.15) is 30.6 Å². The van der Waals surface area contributed by atoms with E-state index in [1.54, 1.807) is 17.7 Å². The van der Waals surface area contributed by atoms with E-state index in [2.05, 4.69) is 40.6 Å². The lowest BCUT2D eigenvalue weighted by molar-refractivity contribution is 0.371. The van der Waals surface area contributed by atoms with E-state index in [0.717, 1.165) is 10.6 Å². The SMILES string of the molecule is CNC1CCC(Nc2ncnc3sc(C)cc23)CC1. The molecule has 3 rings (SSSR count). The van der Waals surface area contributed by atoms with Gasteiger partial charge in [-0.15, -0.1) is 11.3 Å². The third-order valence-corrected chi connectivity index (χ3v) is 4.89. The van der Waals surface area contributed by atoms with Crippen molar-refractivity contribution in [1.82, 2.24) is 15.3 Å². The van der Waals surface area contributed by atoms with E-state index in [4.69, 9.17) is 0 Å². The molecular weight excluding hydrogens is 256 g/mol. The first kappa shape index (κ1) is 12.8. The summed E-state index contributed by atoms with van der Waals surface area (Å²) in [7, 11) is 2.06. The fourth-order valence-electron chi connectivity index (χ4n) is 2.81. The molecule has 0 bridgehead atoms. The standard InChI is InChI=1S/C14H20N4S/c1-9-7-12-13(16-8-17-14(12)19-9)18-11-5-3-10(15-2)4-6-11/h7-8,10-11,15H,3-6H2,1-2H3,(H,16,17,18). The molecule has 0 unspecified atom stereocenters. The highest BCUT2D eigenvalue weighted by atomic mass is 32.1. The van der Waals surface area contributed by atoms with Crippen molar-refractivity contribution >= 4 is 27.4 Å². The number of thiophene rings is 1. The Morgan fingerprint density at radius 2 is 1.89 bits per heavy atom. The largest absolute Gasteiger partial charge is 0.367 e. The summed E-state index contributed by atoms with van der Waals surface area (Å²) in [4.78, 5) is 11.1. The zero-order valence-electron chi connectivity index (χ0n) is 11.4. The lowest BCUT2D eigenvalue weighted by Gasteiger charge is -2.29. The molecule has 0 spiro atoms. The summed E-state index contributed by atoms with van der Waals surface area (Å²) in [5.41, 5.74) is 0. The van der Waals surface area contributed by atoms with Crippen LogP contribution in [0.15, 0.2) is 12.4 Å². The van der Waals surface area contributed by atoms with E-state index in [1.807, 2.05) is 0 Å². The second-order valence-corrected chi connectivity index (χ2v) is 6.51. The fraction of sp³-hybridized carbons (Fsp3) is 0.571. The van der Waals surface area contributed by atoms with E-state index in [-0.39, 0.29) is 0 Å². The Bertz CT molecular complexity index is 558.